The van der Waals surface area contributed by atoms with Crippen LogP contribution in [0.4, 0.5) is 0 Å². The lowest BCUT2D eigenvalue weighted by Gasteiger charge is -2.41. The molecule has 18 heavy (non-hydrogen) atoms. The third-order valence-corrected chi connectivity index (χ3v) is 4.43. The SMILES string of the molecule is CN1CCC(C2(O)CCN(CCCO)CC2)C1=O. The standard InChI is InChI=1S/C13H24N2O3/c1-14-7-3-11(12(14)17)13(18)4-8-15(9-5-13)6-2-10-16/h11,16,18H,2-10H2,1H3. The van der Waals surface area contributed by atoms with Crippen LogP contribution in [-0.4, -0.2) is 71.4 Å². The molecule has 104 valence electrons. The highest BCUT2D eigenvalue weighted by molar-refractivity contribution is 5.81. The van der Waals surface area contributed by atoms with Crippen LogP contribution in [-0.2, 0) is 4.79 Å². The molecule has 1 amide bonds. The Labute approximate surface area is 108 Å². The van der Waals surface area contributed by atoms with E-state index in [-0.39, 0.29) is 18.4 Å². The lowest BCUT2D eigenvalue weighted by molar-refractivity contribution is -0.141. The minimum absolute atomic E-state index is 0.0984. The number of amides is 1. The van der Waals surface area contributed by atoms with Crippen molar-refractivity contribution < 1.29 is 15.0 Å². The van der Waals surface area contributed by atoms with Gasteiger partial charge in [-0.3, -0.25) is 4.79 Å². The number of rotatable bonds is 4. The summed E-state index contributed by atoms with van der Waals surface area (Å²) < 4.78 is 0. The summed E-state index contributed by atoms with van der Waals surface area (Å²) in [7, 11) is 1.81. The molecule has 0 aromatic carbocycles. The van der Waals surface area contributed by atoms with Gasteiger partial charge in [-0.25, -0.2) is 0 Å². The van der Waals surface area contributed by atoms with Crippen molar-refractivity contribution in [1.29, 1.82) is 0 Å². The molecule has 0 aromatic rings. The number of hydrogen-bond acceptors (Lipinski definition) is 4. The van der Waals surface area contributed by atoms with Gasteiger partial charge in [0.25, 0.3) is 0 Å². The normalized spacial score (nSPS) is 28.9. The van der Waals surface area contributed by atoms with Crippen LogP contribution in [0.15, 0.2) is 0 Å². The Kier molecular flexibility index (Phi) is 4.25. The van der Waals surface area contributed by atoms with Gasteiger partial charge in [0.2, 0.25) is 5.91 Å². The van der Waals surface area contributed by atoms with Crippen LogP contribution in [0.1, 0.15) is 25.7 Å². The van der Waals surface area contributed by atoms with Crippen LogP contribution < -0.4 is 0 Å². The topological polar surface area (TPSA) is 64.0 Å². The first-order chi connectivity index (χ1) is 8.57. The van der Waals surface area contributed by atoms with Crippen LogP contribution in [0.5, 0.6) is 0 Å². The summed E-state index contributed by atoms with van der Waals surface area (Å²) >= 11 is 0. The number of hydrogen-bond donors (Lipinski definition) is 2. The highest BCUT2D eigenvalue weighted by Gasteiger charge is 2.46. The van der Waals surface area contributed by atoms with Crippen molar-refractivity contribution in [2.75, 3.05) is 39.8 Å². The summed E-state index contributed by atoms with van der Waals surface area (Å²) in [5, 5.41) is 19.5. The molecule has 2 aliphatic rings. The number of carbonyl (C=O) groups is 1. The van der Waals surface area contributed by atoms with Gasteiger partial charge in [-0.2, -0.15) is 0 Å². The molecule has 2 rings (SSSR count). The van der Waals surface area contributed by atoms with Gasteiger partial charge < -0.3 is 20.0 Å². The van der Waals surface area contributed by atoms with Crippen LogP contribution in [0.3, 0.4) is 0 Å². The average molecular weight is 256 g/mol. The minimum atomic E-state index is -0.808. The van der Waals surface area contributed by atoms with E-state index >= 15 is 0 Å². The quantitative estimate of drug-likeness (QED) is 0.723. The Morgan fingerprint density at radius 1 is 1.33 bits per heavy atom. The van der Waals surface area contributed by atoms with E-state index in [4.69, 9.17) is 5.11 Å². The van der Waals surface area contributed by atoms with Crippen molar-refractivity contribution >= 4 is 5.91 Å². The molecule has 2 saturated heterocycles. The Hall–Kier alpha value is -0.650. The molecule has 0 aliphatic carbocycles. The second-order valence-corrected chi connectivity index (χ2v) is 5.62. The first-order valence-electron chi connectivity index (χ1n) is 6.87. The lowest BCUT2D eigenvalue weighted by atomic mass is 9.78. The lowest BCUT2D eigenvalue weighted by Crippen LogP contribution is -2.51. The number of carbonyl (C=O) groups excluding carboxylic acids is 1. The number of nitrogens with zero attached hydrogens (tertiary/aromatic N) is 2. The van der Waals surface area contributed by atoms with Gasteiger partial charge in [-0.15, -0.1) is 0 Å². The molecule has 2 aliphatic heterocycles. The van der Waals surface area contributed by atoms with E-state index < -0.39 is 5.60 Å². The molecule has 0 spiro atoms. The molecule has 2 N–H and O–H groups in total. The van der Waals surface area contributed by atoms with Crippen LogP contribution in [0.2, 0.25) is 0 Å². The maximum Gasteiger partial charge on any atom is 0.228 e. The molecule has 1 atom stereocenters. The molecular formula is C13H24N2O3. The number of likely N-dealkylation sites (tertiary alicyclic amines) is 2. The number of aliphatic hydroxyl groups excluding tert-OH is 1. The van der Waals surface area contributed by atoms with Gasteiger partial charge >= 0.3 is 0 Å². The molecule has 2 heterocycles. The fourth-order valence-electron chi connectivity index (χ4n) is 3.13. The first kappa shape index (κ1) is 13.8. The van der Waals surface area contributed by atoms with Crippen molar-refractivity contribution in [3.8, 4) is 0 Å². The summed E-state index contributed by atoms with van der Waals surface area (Å²) in [4.78, 5) is 16.0. The zero-order chi connectivity index (χ0) is 13.2. The molecule has 0 saturated carbocycles. The maximum atomic E-state index is 12.0. The monoisotopic (exact) mass is 256 g/mol. The van der Waals surface area contributed by atoms with E-state index in [1.54, 1.807) is 4.90 Å². The molecule has 5 nitrogen and oxygen atoms in total. The summed E-state index contributed by atoms with van der Waals surface area (Å²) in [6.45, 7) is 3.51. The fraction of sp³-hybridized carbons (Fsp3) is 0.923. The zero-order valence-corrected chi connectivity index (χ0v) is 11.1. The van der Waals surface area contributed by atoms with Crippen molar-refractivity contribution in [3.63, 3.8) is 0 Å². The van der Waals surface area contributed by atoms with E-state index in [0.717, 1.165) is 39.0 Å². The highest BCUT2D eigenvalue weighted by atomic mass is 16.3. The Balaban J connectivity index is 1.89. The molecule has 5 heteroatoms. The Bertz CT molecular complexity index is 301. The maximum absolute atomic E-state index is 12.0. The van der Waals surface area contributed by atoms with Gasteiger partial charge in [-0.05, 0) is 25.7 Å². The first-order valence-corrected chi connectivity index (χ1v) is 6.87. The van der Waals surface area contributed by atoms with Gasteiger partial charge in [0.1, 0.15) is 0 Å². The molecule has 2 fully saturated rings. The third kappa shape index (κ3) is 2.68. The van der Waals surface area contributed by atoms with E-state index in [1.807, 2.05) is 7.05 Å². The largest absolute Gasteiger partial charge is 0.396 e. The molecular weight excluding hydrogens is 232 g/mol. The predicted molar refractivity (Wildman–Crippen MR) is 68.1 cm³/mol. The zero-order valence-electron chi connectivity index (χ0n) is 11.1. The number of piperidine rings is 1. The van der Waals surface area contributed by atoms with E-state index in [1.165, 1.54) is 0 Å². The summed E-state index contributed by atoms with van der Waals surface area (Å²) in [6, 6.07) is 0. The van der Waals surface area contributed by atoms with Crippen molar-refractivity contribution in [3.05, 3.63) is 0 Å². The molecule has 0 aromatic heterocycles. The highest BCUT2D eigenvalue weighted by Crippen LogP contribution is 2.36. The summed E-state index contributed by atoms with van der Waals surface area (Å²) in [5.41, 5.74) is -0.808. The van der Waals surface area contributed by atoms with Crippen LogP contribution >= 0.6 is 0 Å². The Morgan fingerprint density at radius 3 is 2.50 bits per heavy atom. The van der Waals surface area contributed by atoms with Gasteiger partial charge in [0, 0.05) is 39.8 Å². The van der Waals surface area contributed by atoms with Crippen molar-refractivity contribution in [1.82, 2.24) is 9.80 Å². The fourth-order valence-corrected chi connectivity index (χ4v) is 3.13. The number of aliphatic hydroxyl groups is 2. The summed E-state index contributed by atoms with van der Waals surface area (Å²) in [6.07, 6.45) is 2.90. The van der Waals surface area contributed by atoms with Crippen molar-refractivity contribution in [2.45, 2.75) is 31.3 Å². The summed E-state index contributed by atoms with van der Waals surface area (Å²) in [5.74, 6) is -0.108. The van der Waals surface area contributed by atoms with Crippen LogP contribution in [0, 0.1) is 5.92 Å². The van der Waals surface area contributed by atoms with E-state index in [9.17, 15) is 9.90 Å². The average Bonchev–Trinajstić information content (AvgIpc) is 2.70. The van der Waals surface area contributed by atoms with Gasteiger partial charge in [0.15, 0.2) is 0 Å². The second kappa shape index (κ2) is 5.55. The second-order valence-electron chi connectivity index (χ2n) is 5.62. The smallest absolute Gasteiger partial charge is 0.228 e. The van der Waals surface area contributed by atoms with Gasteiger partial charge in [-0.1, -0.05) is 0 Å². The van der Waals surface area contributed by atoms with E-state index in [0.29, 0.717) is 12.8 Å². The van der Waals surface area contributed by atoms with Crippen molar-refractivity contribution in [2.24, 2.45) is 5.92 Å². The predicted octanol–water partition coefficient (Wildman–Crippen LogP) is -0.326. The molecule has 0 radical (unpaired) electrons. The van der Waals surface area contributed by atoms with Gasteiger partial charge in [0.05, 0.1) is 11.5 Å². The van der Waals surface area contributed by atoms with E-state index in [2.05, 4.69) is 4.90 Å². The third-order valence-electron chi connectivity index (χ3n) is 4.43. The molecule has 1 unspecified atom stereocenters. The Morgan fingerprint density at radius 2 is 2.00 bits per heavy atom. The van der Waals surface area contributed by atoms with Crippen LogP contribution in [0.25, 0.3) is 0 Å². The molecule has 0 bridgehead atoms. The minimum Gasteiger partial charge on any atom is -0.396 e.